The van der Waals surface area contributed by atoms with Crippen LogP contribution in [0, 0.1) is 0 Å². The summed E-state index contributed by atoms with van der Waals surface area (Å²) in [6, 6.07) is 18.6. The first-order valence-electron chi connectivity index (χ1n) is 10.2. The van der Waals surface area contributed by atoms with Crippen molar-refractivity contribution in [3.8, 4) is 0 Å². The molecule has 5 nitrogen and oxygen atoms in total. The summed E-state index contributed by atoms with van der Waals surface area (Å²) < 4.78 is 31.7. The van der Waals surface area contributed by atoms with Crippen LogP contribution in [0.4, 0.5) is 13.2 Å². The van der Waals surface area contributed by atoms with Gasteiger partial charge in [0.15, 0.2) is 0 Å². The summed E-state index contributed by atoms with van der Waals surface area (Å²) in [4.78, 5) is 15.1. The smallest absolute Gasteiger partial charge is 0.475 e. The lowest BCUT2D eigenvalue weighted by Gasteiger charge is -2.22. The Balaban J connectivity index is 0.000000289. The Bertz CT molecular complexity index is 1040. The van der Waals surface area contributed by atoms with Crippen molar-refractivity contribution in [2.24, 2.45) is 0 Å². The number of benzene rings is 2. The van der Waals surface area contributed by atoms with Gasteiger partial charge in [-0.1, -0.05) is 36.4 Å². The molecule has 0 spiro atoms. The number of aliphatic carboxylic acids is 1. The molecule has 1 aromatic heterocycles. The zero-order chi connectivity index (χ0) is 22.0. The lowest BCUT2D eigenvalue weighted by Crippen LogP contribution is -2.25. The van der Waals surface area contributed by atoms with E-state index in [9.17, 15) is 13.2 Å². The standard InChI is InChI=1S/C21H23N3.C2HF3O2/c1-2-4-21-16(3-1)10-19(23-21)14-24(20-7-8-20)13-15-5-6-17-11-22-12-18(17)9-15;3-2(4,5)1(6)7/h1-6,9-10,20,22-23H,7-8,11-14H2;(H,6,7). The fraction of sp³-hybridized carbons (Fsp3) is 0.348. The van der Waals surface area contributed by atoms with Gasteiger partial charge >= 0.3 is 12.1 Å². The Morgan fingerprint density at radius 3 is 2.42 bits per heavy atom. The highest BCUT2D eigenvalue weighted by atomic mass is 19.4. The number of alkyl halides is 3. The quantitative estimate of drug-likeness (QED) is 0.554. The maximum Gasteiger partial charge on any atom is 0.490 e. The van der Waals surface area contributed by atoms with E-state index in [1.54, 1.807) is 0 Å². The molecule has 0 atom stereocenters. The van der Waals surface area contributed by atoms with E-state index in [-0.39, 0.29) is 0 Å². The molecule has 164 valence electrons. The minimum Gasteiger partial charge on any atom is -0.475 e. The van der Waals surface area contributed by atoms with Crippen LogP contribution in [0.15, 0.2) is 48.5 Å². The first-order valence-corrected chi connectivity index (χ1v) is 10.2. The summed E-state index contributed by atoms with van der Waals surface area (Å²) >= 11 is 0. The van der Waals surface area contributed by atoms with Gasteiger partial charge in [0.1, 0.15) is 0 Å². The number of carboxylic acids is 1. The van der Waals surface area contributed by atoms with E-state index in [2.05, 4.69) is 63.7 Å². The van der Waals surface area contributed by atoms with Gasteiger partial charge in [-0.15, -0.1) is 0 Å². The normalized spacial score (nSPS) is 15.6. The van der Waals surface area contributed by atoms with E-state index < -0.39 is 12.1 Å². The zero-order valence-corrected chi connectivity index (χ0v) is 16.9. The highest BCUT2D eigenvalue weighted by Gasteiger charge is 2.38. The van der Waals surface area contributed by atoms with Crippen molar-refractivity contribution in [1.82, 2.24) is 15.2 Å². The summed E-state index contributed by atoms with van der Waals surface area (Å²) in [6.07, 6.45) is -2.40. The molecular weight excluding hydrogens is 407 g/mol. The summed E-state index contributed by atoms with van der Waals surface area (Å²) in [5.41, 5.74) is 6.96. The van der Waals surface area contributed by atoms with Crippen LogP contribution in [0.5, 0.6) is 0 Å². The number of hydrogen-bond donors (Lipinski definition) is 3. The molecule has 0 saturated heterocycles. The van der Waals surface area contributed by atoms with E-state index >= 15 is 0 Å². The molecule has 8 heteroatoms. The van der Waals surface area contributed by atoms with Gasteiger partial charge < -0.3 is 15.4 Å². The van der Waals surface area contributed by atoms with Crippen molar-refractivity contribution in [3.05, 3.63) is 70.9 Å². The molecule has 0 unspecified atom stereocenters. The number of rotatable bonds is 5. The Morgan fingerprint density at radius 2 is 1.74 bits per heavy atom. The zero-order valence-electron chi connectivity index (χ0n) is 16.9. The second-order valence-electron chi connectivity index (χ2n) is 8.03. The summed E-state index contributed by atoms with van der Waals surface area (Å²) in [5, 5.41) is 11.9. The molecule has 2 aliphatic rings. The number of nitrogens with zero attached hydrogens (tertiary/aromatic N) is 1. The van der Waals surface area contributed by atoms with Crippen LogP contribution in [0.25, 0.3) is 10.9 Å². The number of carbonyl (C=O) groups is 1. The van der Waals surface area contributed by atoms with Crippen molar-refractivity contribution >= 4 is 16.9 Å². The number of carboxylic acid groups (broad SMARTS) is 1. The Hall–Kier alpha value is -2.84. The molecule has 5 rings (SSSR count). The number of hydrogen-bond acceptors (Lipinski definition) is 3. The van der Waals surface area contributed by atoms with E-state index in [1.807, 2.05) is 0 Å². The van der Waals surface area contributed by atoms with Gasteiger partial charge in [-0.3, -0.25) is 4.90 Å². The third-order valence-corrected chi connectivity index (χ3v) is 5.55. The molecule has 3 aromatic rings. The molecular formula is C23H24F3N3O2. The van der Waals surface area contributed by atoms with Crippen molar-refractivity contribution in [1.29, 1.82) is 0 Å². The number of halogens is 3. The fourth-order valence-corrected chi connectivity index (χ4v) is 3.87. The van der Waals surface area contributed by atoms with Crippen LogP contribution < -0.4 is 5.32 Å². The highest BCUT2D eigenvalue weighted by molar-refractivity contribution is 5.80. The molecule has 1 aliphatic heterocycles. The molecule has 1 saturated carbocycles. The molecule has 31 heavy (non-hydrogen) atoms. The Kier molecular flexibility index (Phi) is 6.02. The molecule has 0 bridgehead atoms. The average molecular weight is 431 g/mol. The molecule has 0 radical (unpaired) electrons. The van der Waals surface area contributed by atoms with Crippen molar-refractivity contribution in [3.63, 3.8) is 0 Å². The number of para-hydroxylation sites is 1. The number of fused-ring (bicyclic) bond motifs is 2. The van der Waals surface area contributed by atoms with Gasteiger partial charge in [0.2, 0.25) is 0 Å². The Morgan fingerprint density at radius 1 is 1.03 bits per heavy atom. The van der Waals surface area contributed by atoms with Crippen LogP contribution in [0.2, 0.25) is 0 Å². The monoisotopic (exact) mass is 431 g/mol. The van der Waals surface area contributed by atoms with Gasteiger partial charge in [0, 0.05) is 43.4 Å². The molecule has 1 aliphatic carbocycles. The molecule has 2 aromatic carbocycles. The molecule has 0 amide bonds. The number of nitrogens with one attached hydrogen (secondary N) is 2. The number of aromatic amines is 1. The van der Waals surface area contributed by atoms with Crippen LogP contribution in [0.1, 0.15) is 35.2 Å². The third kappa shape index (κ3) is 5.45. The van der Waals surface area contributed by atoms with E-state index in [0.717, 1.165) is 32.2 Å². The molecule has 3 N–H and O–H groups in total. The molecule has 1 fully saturated rings. The lowest BCUT2D eigenvalue weighted by molar-refractivity contribution is -0.192. The number of aromatic nitrogens is 1. The third-order valence-electron chi connectivity index (χ3n) is 5.55. The topological polar surface area (TPSA) is 68.4 Å². The van der Waals surface area contributed by atoms with Crippen LogP contribution in [-0.2, 0) is 31.0 Å². The number of H-pyrrole nitrogens is 1. The summed E-state index contributed by atoms with van der Waals surface area (Å²) in [5.74, 6) is -2.76. The predicted octanol–water partition coefficient (Wildman–Crippen LogP) is 4.57. The van der Waals surface area contributed by atoms with Gasteiger partial charge in [0.25, 0.3) is 0 Å². The van der Waals surface area contributed by atoms with Gasteiger partial charge in [-0.05, 0) is 47.1 Å². The first kappa shape index (κ1) is 21.4. The van der Waals surface area contributed by atoms with Crippen LogP contribution in [0.3, 0.4) is 0 Å². The van der Waals surface area contributed by atoms with E-state index in [4.69, 9.17) is 9.90 Å². The maximum atomic E-state index is 10.6. The van der Waals surface area contributed by atoms with Crippen molar-refractivity contribution in [2.45, 2.75) is 51.2 Å². The fourth-order valence-electron chi connectivity index (χ4n) is 3.87. The largest absolute Gasteiger partial charge is 0.490 e. The first-order chi connectivity index (χ1) is 14.8. The van der Waals surface area contributed by atoms with Crippen molar-refractivity contribution < 1.29 is 23.1 Å². The van der Waals surface area contributed by atoms with Gasteiger partial charge in [-0.25, -0.2) is 4.79 Å². The van der Waals surface area contributed by atoms with Crippen LogP contribution in [-0.4, -0.2) is 33.2 Å². The summed E-state index contributed by atoms with van der Waals surface area (Å²) in [6.45, 7) is 4.10. The van der Waals surface area contributed by atoms with Crippen LogP contribution >= 0.6 is 0 Å². The maximum absolute atomic E-state index is 10.6. The highest BCUT2D eigenvalue weighted by Crippen LogP contribution is 2.31. The Labute approximate surface area is 177 Å². The minimum absolute atomic E-state index is 0.753. The minimum atomic E-state index is -5.08. The summed E-state index contributed by atoms with van der Waals surface area (Å²) in [7, 11) is 0. The second-order valence-corrected chi connectivity index (χ2v) is 8.03. The van der Waals surface area contributed by atoms with Gasteiger partial charge in [-0.2, -0.15) is 13.2 Å². The second kappa shape index (κ2) is 8.72. The predicted molar refractivity (Wildman–Crippen MR) is 111 cm³/mol. The van der Waals surface area contributed by atoms with E-state index in [0.29, 0.717) is 0 Å². The average Bonchev–Trinajstić information content (AvgIpc) is 3.32. The lowest BCUT2D eigenvalue weighted by atomic mass is 10.1. The van der Waals surface area contributed by atoms with Crippen molar-refractivity contribution in [2.75, 3.05) is 0 Å². The van der Waals surface area contributed by atoms with Gasteiger partial charge in [0.05, 0.1) is 0 Å². The van der Waals surface area contributed by atoms with E-state index in [1.165, 1.54) is 46.1 Å². The molecule has 2 heterocycles. The SMILES string of the molecule is O=C(O)C(F)(F)F.c1ccc2[nH]c(CN(Cc3ccc4c(c3)CNC4)C3CC3)cc2c1.